The molecule has 0 aliphatic rings. The summed E-state index contributed by atoms with van der Waals surface area (Å²) in [5.41, 5.74) is 0. The van der Waals surface area contributed by atoms with Crippen molar-refractivity contribution < 1.29 is 5.01 Å². The highest BCUT2D eigenvalue weighted by Gasteiger charge is 2.08. The molecule has 0 aromatic heterocycles. The zero-order chi connectivity index (χ0) is 9.40. The van der Waals surface area contributed by atoms with Gasteiger partial charge in [-0.25, -0.2) is 0 Å². The molecule has 0 radical (unpaired) electrons. The van der Waals surface area contributed by atoms with Gasteiger partial charge in [0.2, 0.25) is 0 Å². The highest BCUT2D eigenvalue weighted by atomic mass is 15.6. The van der Waals surface area contributed by atoms with Gasteiger partial charge in [-0.1, -0.05) is 26.7 Å². The van der Waals surface area contributed by atoms with Gasteiger partial charge in [0.1, 0.15) is 0 Å². The first kappa shape index (κ1) is 11.9. The largest absolute Gasteiger partial charge is 0.255 e. The fraction of sp³-hybridized carbons (Fsp3) is 1.00. The van der Waals surface area contributed by atoms with Crippen molar-refractivity contribution in [1.82, 2.24) is 5.01 Å². The van der Waals surface area contributed by atoms with Crippen LogP contribution in [0.3, 0.4) is 0 Å². The summed E-state index contributed by atoms with van der Waals surface area (Å²) in [6.45, 7) is 7.10. The van der Waals surface area contributed by atoms with Gasteiger partial charge in [0.05, 0.1) is 13.1 Å². The van der Waals surface area contributed by atoms with Crippen LogP contribution in [-0.4, -0.2) is 32.2 Å². The Morgan fingerprint density at radius 1 is 0.917 bits per heavy atom. The number of hydrogen-bond acceptors (Lipinski definition) is 1. The molecule has 2 nitrogen and oxygen atoms in total. The van der Waals surface area contributed by atoms with Crippen molar-refractivity contribution in [2.24, 2.45) is 0 Å². The molecule has 0 aromatic rings. The number of nitrogens with zero attached hydrogens (tertiary/aromatic N) is 1. The Morgan fingerprint density at radius 3 is 1.58 bits per heavy atom. The number of rotatable bonds is 7. The maximum atomic E-state index is 2.30. The van der Waals surface area contributed by atoms with E-state index < -0.39 is 0 Å². The van der Waals surface area contributed by atoms with E-state index in [1.54, 1.807) is 5.01 Å². The monoisotopic (exact) mass is 173 g/mol. The number of unbranched alkanes of at least 4 members (excludes halogenated alkanes) is 2. The minimum atomic E-state index is 1.30. The van der Waals surface area contributed by atoms with Gasteiger partial charge in [0, 0.05) is 14.1 Å². The predicted molar refractivity (Wildman–Crippen MR) is 54.2 cm³/mol. The lowest BCUT2D eigenvalue weighted by Crippen LogP contribution is -3.17. The Bertz CT molecular complexity index is 83.8. The molecule has 0 aromatic carbocycles. The highest BCUT2D eigenvalue weighted by Crippen LogP contribution is 1.83. The van der Waals surface area contributed by atoms with Crippen LogP contribution in [0.1, 0.15) is 39.5 Å². The Balaban J connectivity index is 3.55. The fourth-order valence-corrected chi connectivity index (χ4v) is 1.33. The van der Waals surface area contributed by atoms with Crippen molar-refractivity contribution in [3.63, 3.8) is 0 Å². The SMILES string of the molecule is CCCC[NH+](CCCC)N(C)C. The van der Waals surface area contributed by atoms with Crippen molar-refractivity contribution in [3.8, 4) is 0 Å². The summed E-state index contributed by atoms with van der Waals surface area (Å²) in [6.07, 6.45) is 5.31. The minimum Gasteiger partial charge on any atom is -0.255 e. The average Bonchev–Trinajstić information content (AvgIpc) is 2.04. The van der Waals surface area contributed by atoms with Gasteiger partial charge in [-0.2, -0.15) is 5.01 Å². The lowest BCUT2D eigenvalue weighted by atomic mass is 10.3. The molecule has 0 amide bonds. The third-order valence-electron chi connectivity index (χ3n) is 2.27. The van der Waals surface area contributed by atoms with Crippen LogP contribution < -0.4 is 5.01 Å². The van der Waals surface area contributed by atoms with Gasteiger partial charge in [-0.05, 0) is 12.8 Å². The van der Waals surface area contributed by atoms with Crippen molar-refractivity contribution in [1.29, 1.82) is 0 Å². The van der Waals surface area contributed by atoms with Crippen LogP contribution in [0.4, 0.5) is 0 Å². The van der Waals surface area contributed by atoms with Crippen LogP contribution in [0.2, 0.25) is 0 Å². The van der Waals surface area contributed by atoms with Gasteiger partial charge in [0.25, 0.3) is 0 Å². The summed E-state index contributed by atoms with van der Waals surface area (Å²) in [6, 6.07) is 0. The molecule has 0 aliphatic heterocycles. The third kappa shape index (κ3) is 5.56. The molecule has 0 fully saturated rings. The molecule has 0 spiro atoms. The summed E-state index contributed by atoms with van der Waals surface area (Å²) in [4.78, 5) is 0. The van der Waals surface area contributed by atoms with Crippen LogP contribution in [0.15, 0.2) is 0 Å². The summed E-state index contributed by atoms with van der Waals surface area (Å²) >= 11 is 0. The average molecular weight is 173 g/mol. The molecule has 0 unspecified atom stereocenters. The van der Waals surface area contributed by atoms with Crippen molar-refractivity contribution in [3.05, 3.63) is 0 Å². The smallest absolute Gasteiger partial charge is 0.0947 e. The Morgan fingerprint density at radius 2 is 1.33 bits per heavy atom. The van der Waals surface area contributed by atoms with E-state index in [2.05, 4.69) is 33.0 Å². The standard InChI is InChI=1S/C10H24N2/c1-5-7-9-12(11(3)4)10-8-6-2/h5-10H2,1-4H3/p+1. The lowest BCUT2D eigenvalue weighted by Gasteiger charge is -2.24. The second-order valence-electron chi connectivity index (χ2n) is 3.67. The van der Waals surface area contributed by atoms with E-state index in [0.29, 0.717) is 0 Å². The molecule has 74 valence electrons. The molecule has 0 bridgehead atoms. The normalized spacial score (nSPS) is 11.5. The Hall–Kier alpha value is -0.0800. The molecule has 0 saturated heterocycles. The Labute approximate surface area is 77.5 Å². The van der Waals surface area contributed by atoms with E-state index in [1.807, 2.05) is 0 Å². The molecule has 0 heterocycles. The predicted octanol–water partition coefficient (Wildman–Crippen LogP) is 0.948. The molecule has 0 atom stereocenters. The first-order valence-corrected chi connectivity index (χ1v) is 5.24. The topological polar surface area (TPSA) is 7.68 Å². The third-order valence-corrected chi connectivity index (χ3v) is 2.27. The second kappa shape index (κ2) is 7.56. The van der Waals surface area contributed by atoms with Crippen molar-refractivity contribution in [2.45, 2.75) is 39.5 Å². The molecular weight excluding hydrogens is 148 g/mol. The van der Waals surface area contributed by atoms with Crippen LogP contribution in [0.25, 0.3) is 0 Å². The van der Waals surface area contributed by atoms with E-state index in [1.165, 1.54) is 38.8 Å². The van der Waals surface area contributed by atoms with E-state index in [-0.39, 0.29) is 0 Å². The molecule has 0 aliphatic carbocycles. The number of quaternary nitrogens is 1. The maximum Gasteiger partial charge on any atom is 0.0947 e. The van der Waals surface area contributed by atoms with Crippen LogP contribution >= 0.6 is 0 Å². The first-order valence-electron chi connectivity index (χ1n) is 5.24. The highest BCUT2D eigenvalue weighted by molar-refractivity contribution is 4.32. The van der Waals surface area contributed by atoms with E-state index >= 15 is 0 Å². The van der Waals surface area contributed by atoms with Crippen LogP contribution in [-0.2, 0) is 0 Å². The van der Waals surface area contributed by atoms with Crippen LogP contribution in [0, 0.1) is 0 Å². The quantitative estimate of drug-likeness (QED) is 0.563. The summed E-state index contributed by atoms with van der Waals surface area (Å²) in [7, 11) is 4.33. The van der Waals surface area contributed by atoms with Gasteiger partial charge < -0.3 is 0 Å². The molecule has 12 heavy (non-hydrogen) atoms. The van der Waals surface area contributed by atoms with Gasteiger partial charge in [0.15, 0.2) is 0 Å². The molecule has 2 heteroatoms. The molecule has 0 rings (SSSR count). The van der Waals surface area contributed by atoms with E-state index in [9.17, 15) is 0 Å². The van der Waals surface area contributed by atoms with Gasteiger partial charge in [-0.3, -0.25) is 5.01 Å². The summed E-state index contributed by atoms with van der Waals surface area (Å²) < 4.78 is 0. The molecule has 1 N–H and O–H groups in total. The number of nitrogens with one attached hydrogen (secondary N) is 1. The zero-order valence-electron chi connectivity index (χ0n) is 9.19. The summed E-state index contributed by atoms with van der Waals surface area (Å²) in [5.74, 6) is 0. The maximum absolute atomic E-state index is 2.30. The zero-order valence-corrected chi connectivity index (χ0v) is 9.19. The second-order valence-corrected chi connectivity index (χ2v) is 3.67. The first-order chi connectivity index (χ1) is 5.72. The van der Waals surface area contributed by atoms with Crippen LogP contribution in [0.5, 0.6) is 0 Å². The van der Waals surface area contributed by atoms with Gasteiger partial charge >= 0.3 is 0 Å². The van der Waals surface area contributed by atoms with Crippen molar-refractivity contribution in [2.75, 3.05) is 27.2 Å². The minimum absolute atomic E-state index is 1.30. The number of hydrogen-bond donors (Lipinski definition) is 1. The lowest BCUT2D eigenvalue weighted by molar-refractivity contribution is -1.01. The van der Waals surface area contributed by atoms with E-state index in [0.717, 1.165) is 0 Å². The fourth-order valence-electron chi connectivity index (χ4n) is 1.33. The summed E-state index contributed by atoms with van der Waals surface area (Å²) in [5, 5.41) is 3.92. The Kier molecular flexibility index (Phi) is 7.51. The van der Waals surface area contributed by atoms with E-state index in [4.69, 9.17) is 0 Å². The van der Waals surface area contributed by atoms with Gasteiger partial charge in [-0.15, -0.1) is 0 Å². The molecular formula is C10H25N2+. The van der Waals surface area contributed by atoms with Crippen molar-refractivity contribution >= 4 is 0 Å². The molecule has 0 saturated carbocycles.